The highest BCUT2D eigenvalue weighted by Gasteiger charge is 2.01. The van der Waals surface area contributed by atoms with Gasteiger partial charge in [0.05, 0.1) is 11.6 Å². The van der Waals surface area contributed by atoms with Crippen molar-refractivity contribution in [2.24, 2.45) is 0 Å². The van der Waals surface area contributed by atoms with Crippen molar-refractivity contribution in [3.05, 3.63) is 59.9 Å². The van der Waals surface area contributed by atoms with E-state index in [4.69, 9.17) is 5.26 Å². The zero-order chi connectivity index (χ0) is 15.1. The Morgan fingerprint density at radius 1 is 1.19 bits per heavy atom. The van der Waals surface area contributed by atoms with Gasteiger partial charge < -0.3 is 10.2 Å². The van der Waals surface area contributed by atoms with Crippen LogP contribution in [0.3, 0.4) is 0 Å². The fourth-order valence-corrected chi connectivity index (χ4v) is 2.12. The Hall–Kier alpha value is -2.54. The number of nitriles is 1. The minimum atomic E-state index is -0.391. The summed E-state index contributed by atoms with van der Waals surface area (Å²) in [6.07, 6.45) is 0.920. The van der Waals surface area contributed by atoms with Crippen molar-refractivity contribution < 1.29 is 4.39 Å². The highest BCUT2D eigenvalue weighted by atomic mass is 19.1. The summed E-state index contributed by atoms with van der Waals surface area (Å²) in [6, 6.07) is 16.4. The van der Waals surface area contributed by atoms with E-state index in [2.05, 4.69) is 22.3 Å². The van der Waals surface area contributed by atoms with Gasteiger partial charge in [-0.15, -0.1) is 0 Å². The smallest absolute Gasteiger partial charge is 0.126 e. The predicted molar refractivity (Wildman–Crippen MR) is 83.9 cm³/mol. The number of rotatable bonds is 6. The fraction of sp³-hybridized carbons (Fsp3) is 0.235. The van der Waals surface area contributed by atoms with Crippen molar-refractivity contribution in [2.45, 2.75) is 6.42 Å². The van der Waals surface area contributed by atoms with Gasteiger partial charge in [-0.3, -0.25) is 0 Å². The Morgan fingerprint density at radius 3 is 2.67 bits per heavy atom. The molecule has 0 aliphatic rings. The lowest BCUT2D eigenvalue weighted by molar-refractivity contribution is 0.627. The molecule has 2 rings (SSSR count). The Bertz CT molecular complexity index is 620. The van der Waals surface area contributed by atoms with Crippen molar-refractivity contribution in [3.63, 3.8) is 0 Å². The minimum absolute atomic E-state index is 0.332. The number of hydrogen-bond acceptors (Lipinski definition) is 3. The highest BCUT2D eigenvalue weighted by molar-refractivity contribution is 5.49. The molecule has 0 aliphatic carbocycles. The summed E-state index contributed by atoms with van der Waals surface area (Å²) < 4.78 is 13.3. The van der Waals surface area contributed by atoms with Crippen LogP contribution in [0.1, 0.15) is 12.0 Å². The monoisotopic (exact) mass is 283 g/mol. The first kappa shape index (κ1) is 14.9. The molecule has 0 saturated heterocycles. The van der Waals surface area contributed by atoms with Crippen LogP contribution >= 0.6 is 0 Å². The topological polar surface area (TPSA) is 39.1 Å². The molecule has 2 aromatic rings. The van der Waals surface area contributed by atoms with Crippen molar-refractivity contribution in [1.82, 2.24) is 0 Å². The van der Waals surface area contributed by atoms with Gasteiger partial charge in [-0.25, -0.2) is 4.39 Å². The van der Waals surface area contributed by atoms with E-state index in [0.717, 1.165) is 19.5 Å². The number of nitrogens with zero attached hydrogens (tertiary/aromatic N) is 2. The lowest BCUT2D eigenvalue weighted by atomic mass is 10.2. The van der Waals surface area contributed by atoms with Crippen LogP contribution in [0.15, 0.2) is 48.5 Å². The molecular formula is C17H18FN3. The largest absolute Gasteiger partial charge is 0.385 e. The first-order valence-electron chi connectivity index (χ1n) is 6.90. The third-order valence-electron chi connectivity index (χ3n) is 3.22. The summed E-state index contributed by atoms with van der Waals surface area (Å²) >= 11 is 0. The molecule has 0 spiro atoms. The SMILES string of the molecule is CN(CCCNc1cc(F)cc(C#N)c1)c1ccccc1. The summed E-state index contributed by atoms with van der Waals surface area (Å²) in [7, 11) is 2.05. The maximum atomic E-state index is 13.3. The van der Waals surface area contributed by atoms with Crippen molar-refractivity contribution in [1.29, 1.82) is 5.26 Å². The summed E-state index contributed by atoms with van der Waals surface area (Å²) in [5.74, 6) is -0.391. The second-order valence-corrected chi connectivity index (χ2v) is 4.88. The number of anilines is 2. The molecule has 0 unspecified atom stereocenters. The second-order valence-electron chi connectivity index (χ2n) is 4.88. The summed E-state index contributed by atoms with van der Waals surface area (Å²) in [5.41, 5.74) is 2.16. The molecule has 0 bridgehead atoms. The minimum Gasteiger partial charge on any atom is -0.385 e. The quantitative estimate of drug-likeness (QED) is 0.823. The highest BCUT2D eigenvalue weighted by Crippen LogP contribution is 2.14. The third-order valence-corrected chi connectivity index (χ3v) is 3.22. The van der Waals surface area contributed by atoms with Gasteiger partial charge in [0.15, 0.2) is 0 Å². The van der Waals surface area contributed by atoms with E-state index >= 15 is 0 Å². The standard InChI is InChI=1S/C17H18FN3/c1-21(17-6-3-2-4-7-17)9-5-8-20-16-11-14(13-19)10-15(18)12-16/h2-4,6-7,10-12,20H,5,8-9H2,1H3. The normalized spacial score (nSPS) is 9.95. The Kier molecular flexibility index (Phi) is 5.16. The number of benzene rings is 2. The zero-order valence-electron chi connectivity index (χ0n) is 12.0. The molecule has 0 saturated carbocycles. The molecule has 0 aromatic heterocycles. The van der Waals surface area contributed by atoms with Gasteiger partial charge in [-0.05, 0) is 36.8 Å². The number of hydrogen-bond donors (Lipinski definition) is 1. The summed E-state index contributed by atoms with van der Waals surface area (Å²) in [6.45, 7) is 1.63. The van der Waals surface area contributed by atoms with E-state index in [1.165, 1.54) is 17.8 Å². The fourth-order valence-electron chi connectivity index (χ4n) is 2.12. The van der Waals surface area contributed by atoms with E-state index in [1.54, 1.807) is 6.07 Å². The Labute approximate surface area is 124 Å². The van der Waals surface area contributed by atoms with Crippen LogP contribution in [0, 0.1) is 17.1 Å². The van der Waals surface area contributed by atoms with Gasteiger partial charge in [-0.2, -0.15) is 5.26 Å². The summed E-state index contributed by atoms with van der Waals surface area (Å²) in [5, 5.41) is 12.0. The molecule has 4 heteroatoms. The van der Waals surface area contributed by atoms with Gasteiger partial charge in [0, 0.05) is 31.5 Å². The van der Waals surface area contributed by atoms with E-state index < -0.39 is 5.82 Å². The molecule has 3 nitrogen and oxygen atoms in total. The molecule has 2 aromatic carbocycles. The second kappa shape index (κ2) is 7.30. The van der Waals surface area contributed by atoms with Gasteiger partial charge in [0.2, 0.25) is 0 Å². The number of para-hydroxylation sites is 1. The average Bonchev–Trinajstić information content (AvgIpc) is 2.51. The molecule has 1 N–H and O–H groups in total. The van der Waals surface area contributed by atoms with Crippen LogP contribution in [-0.4, -0.2) is 20.1 Å². The van der Waals surface area contributed by atoms with Gasteiger partial charge in [-0.1, -0.05) is 18.2 Å². The molecule has 108 valence electrons. The van der Waals surface area contributed by atoms with Crippen LogP contribution in [-0.2, 0) is 0 Å². The first-order chi connectivity index (χ1) is 10.2. The predicted octanol–water partition coefficient (Wildman–Crippen LogP) is 3.64. The van der Waals surface area contributed by atoms with Crippen LogP contribution in [0.5, 0.6) is 0 Å². The lowest BCUT2D eigenvalue weighted by Crippen LogP contribution is -2.20. The Morgan fingerprint density at radius 2 is 1.95 bits per heavy atom. The number of nitrogens with one attached hydrogen (secondary N) is 1. The van der Waals surface area contributed by atoms with E-state index in [-0.39, 0.29) is 0 Å². The van der Waals surface area contributed by atoms with Crippen LogP contribution in [0.25, 0.3) is 0 Å². The first-order valence-corrected chi connectivity index (χ1v) is 6.90. The van der Waals surface area contributed by atoms with Gasteiger partial charge in [0.1, 0.15) is 5.82 Å². The van der Waals surface area contributed by atoms with E-state index in [1.807, 2.05) is 31.3 Å². The molecular weight excluding hydrogens is 265 g/mol. The molecule has 0 fully saturated rings. The molecule has 0 radical (unpaired) electrons. The van der Waals surface area contributed by atoms with Gasteiger partial charge >= 0.3 is 0 Å². The van der Waals surface area contributed by atoms with Crippen LogP contribution in [0.2, 0.25) is 0 Å². The maximum absolute atomic E-state index is 13.3. The molecule has 0 amide bonds. The molecule has 0 heterocycles. The Balaban J connectivity index is 1.80. The third kappa shape index (κ3) is 4.50. The van der Waals surface area contributed by atoms with E-state index in [0.29, 0.717) is 11.3 Å². The van der Waals surface area contributed by atoms with Crippen molar-refractivity contribution in [3.8, 4) is 6.07 Å². The average molecular weight is 283 g/mol. The lowest BCUT2D eigenvalue weighted by Gasteiger charge is -2.19. The number of halogens is 1. The van der Waals surface area contributed by atoms with Gasteiger partial charge in [0.25, 0.3) is 0 Å². The van der Waals surface area contributed by atoms with Crippen molar-refractivity contribution >= 4 is 11.4 Å². The molecule has 21 heavy (non-hydrogen) atoms. The van der Waals surface area contributed by atoms with E-state index in [9.17, 15) is 4.39 Å². The van der Waals surface area contributed by atoms with Crippen LogP contribution in [0.4, 0.5) is 15.8 Å². The zero-order valence-corrected chi connectivity index (χ0v) is 12.0. The maximum Gasteiger partial charge on any atom is 0.126 e. The van der Waals surface area contributed by atoms with Crippen molar-refractivity contribution in [2.75, 3.05) is 30.4 Å². The summed E-state index contributed by atoms with van der Waals surface area (Å²) in [4.78, 5) is 2.17. The molecule has 0 atom stereocenters. The van der Waals surface area contributed by atoms with Crippen LogP contribution < -0.4 is 10.2 Å². The molecule has 0 aliphatic heterocycles.